The number of halogens is 6. The van der Waals surface area contributed by atoms with Gasteiger partial charge >= 0.3 is 12.4 Å². The van der Waals surface area contributed by atoms with Crippen LogP contribution in [0.1, 0.15) is 19.8 Å². The van der Waals surface area contributed by atoms with Crippen LogP contribution in [0.4, 0.5) is 26.3 Å². The second-order valence-corrected chi connectivity index (χ2v) is 3.27. The van der Waals surface area contributed by atoms with Gasteiger partial charge in [-0.15, -0.1) is 0 Å². The number of alkyl halides is 6. The van der Waals surface area contributed by atoms with Gasteiger partial charge in [-0.05, 0) is 6.42 Å². The van der Waals surface area contributed by atoms with Gasteiger partial charge in [0.25, 0.3) is 0 Å². The van der Waals surface area contributed by atoms with E-state index in [0.717, 1.165) is 0 Å². The highest BCUT2D eigenvalue weighted by atomic mass is 19.4. The van der Waals surface area contributed by atoms with Gasteiger partial charge in [0.15, 0.2) is 6.10 Å². The molecule has 0 aliphatic rings. The fraction of sp³-hybridized carbons (Fsp3) is 1.00. The Morgan fingerprint density at radius 3 is 1.94 bits per heavy atom. The summed E-state index contributed by atoms with van der Waals surface area (Å²) in [4.78, 5) is 0. The summed E-state index contributed by atoms with van der Waals surface area (Å²) in [5, 5.41) is 0. The molecule has 0 aromatic heterocycles. The molecule has 2 unspecified atom stereocenters. The minimum absolute atomic E-state index is 0.0316. The van der Waals surface area contributed by atoms with E-state index in [4.69, 9.17) is 5.73 Å². The van der Waals surface area contributed by atoms with Crippen LogP contribution in [0.2, 0.25) is 0 Å². The maximum absolute atomic E-state index is 12.3. The lowest BCUT2D eigenvalue weighted by atomic mass is 10.1. The summed E-state index contributed by atoms with van der Waals surface area (Å²) in [5.74, 6) is 0. The Bertz CT molecular complexity index is 202. The zero-order valence-electron chi connectivity index (χ0n) is 8.53. The highest BCUT2D eigenvalue weighted by molar-refractivity contribution is 4.79. The fourth-order valence-electron chi connectivity index (χ4n) is 0.977. The van der Waals surface area contributed by atoms with Gasteiger partial charge in [-0.3, -0.25) is 0 Å². The molecule has 0 bridgehead atoms. The lowest BCUT2D eigenvalue weighted by Crippen LogP contribution is -2.47. The van der Waals surface area contributed by atoms with E-state index in [0.29, 0.717) is 0 Å². The highest BCUT2D eigenvalue weighted by Crippen LogP contribution is 2.27. The molecule has 0 spiro atoms. The van der Waals surface area contributed by atoms with E-state index in [1.54, 1.807) is 0 Å². The first-order valence-electron chi connectivity index (χ1n) is 4.58. The maximum atomic E-state index is 12.3. The Kier molecular flexibility index (Phi) is 5.54. The molecular weight excluding hydrogens is 240 g/mol. The van der Waals surface area contributed by atoms with Crippen LogP contribution in [0.5, 0.6) is 0 Å². The van der Waals surface area contributed by atoms with Gasteiger partial charge in [-0.2, -0.15) is 26.3 Å². The van der Waals surface area contributed by atoms with Crippen molar-refractivity contribution in [3.8, 4) is 0 Å². The third-order valence-electron chi connectivity index (χ3n) is 1.87. The number of hydrogen-bond donors (Lipinski definition) is 1. The highest BCUT2D eigenvalue weighted by Gasteiger charge is 2.44. The molecule has 0 aromatic carbocycles. The van der Waals surface area contributed by atoms with Crippen molar-refractivity contribution in [2.75, 3.05) is 6.61 Å². The predicted molar refractivity (Wildman–Crippen MR) is 44.7 cm³/mol. The van der Waals surface area contributed by atoms with Gasteiger partial charge in [0, 0.05) is 6.04 Å². The molecule has 0 aromatic rings. The van der Waals surface area contributed by atoms with E-state index in [1.807, 2.05) is 0 Å². The van der Waals surface area contributed by atoms with Crippen LogP contribution in [-0.4, -0.2) is 31.1 Å². The summed E-state index contributed by atoms with van der Waals surface area (Å²) in [6.07, 6.45) is -13.1. The summed E-state index contributed by atoms with van der Waals surface area (Å²) in [6.45, 7) is 0.359. The van der Waals surface area contributed by atoms with Gasteiger partial charge in [0.05, 0.1) is 13.0 Å². The summed E-state index contributed by atoms with van der Waals surface area (Å²) >= 11 is 0. The molecule has 8 heteroatoms. The van der Waals surface area contributed by atoms with Crippen molar-refractivity contribution in [2.24, 2.45) is 5.73 Å². The van der Waals surface area contributed by atoms with Crippen LogP contribution >= 0.6 is 0 Å². The topological polar surface area (TPSA) is 35.2 Å². The summed E-state index contributed by atoms with van der Waals surface area (Å²) < 4.78 is 76.1. The number of ether oxygens (including phenoxy) is 1. The van der Waals surface area contributed by atoms with E-state index in [2.05, 4.69) is 4.74 Å². The first kappa shape index (κ1) is 15.5. The Hall–Kier alpha value is -0.500. The summed E-state index contributed by atoms with van der Waals surface area (Å²) in [7, 11) is 0. The molecular formula is C8H13F6NO. The average Bonchev–Trinajstić information content (AvgIpc) is 2.07. The minimum Gasteiger partial charge on any atom is -0.367 e. The first-order valence-corrected chi connectivity index (χ1v) is 4.58. The van der Waals surface area contributed by atoms with Crippen molar-refractivity contribution in [3.63, 3.8) is 0 Å². The zero-order valence-corrected chi connectivity index (χ0v) is 8.53. The molecule has 0 rings (SSSR count). The molecule has 0 aliphatic heterocycles. The van der Waals surface area contributed by atoms with Crippen LogP contribution < -0.4 is 5.73 Å². The molecule has 0 amide bonds. The van der Waals surface area contributed by atoms with Crippen LogP contribution in [-0.2, 0) is 4.74 Å². The fourth-order valence-corrected chi connectivity index (χ4v) is 0.977. The maximum Gasteiger partial charge on any atom is 0.416 e. The molecule has 0 saturated carbocycles. The van der Waals surface area contributed by atoms with Gasteiger partial charge in [0.2, 0.25) is 0 Å². The average molecular weight is 253 g/mol. The van der Waals surface area contributed by atoms with Gasteiger partial charge in [-0.1, -0.05) is 6.92 Å². The van der Waals surface area contributed by atoms with Crippen molar-refractivity contribution in [2.45, 2.75) is 44.3 Å². The second-order valence-electron chi connectivity index (χ2n) is 3.27. The largest absolute Gasteiger partial charge is 0.416 e. The standard InChI is InChI=1S/C8H13F6NO/c1-2-5(15)6(8(12,13)14)16-4-3-7(9,10)11/h5-6H,2-4,15H2,1H3. The van der Waals surface area contributed by atoms with E-state index >= 15 is 0 Å². The summed E-state index contributed by atoms with van der Waals surface area (Å²) in [5.41, 5.74) is 5.13. The molecule has 0 heterocycles. The van der Waals surface area contributed by atoms with E-state index in [9.17, 15) is 26.3 Å². The number of nitrogens with two attached hydrogens (primary N) is 1. The molecule has 0 saturated heterocycles. The van der Waals surface area contributed by atoms with Crippen molar-refractivity contribution in [1.82, 2.24) is 0 Å². The van der Waals surface area contributed by atoms with Crippen LogP contribution in [0.3, 0.4) is 0 Å². The van der Waals surface area contributed by atoms with Crippen molar-refractivity contribution < 1.29 is 31.1 Å². The normalized spacial score (nSPS) is 17.2. The molecule has 2 N–H and O–H groups in total. The van der Waals surface area contributed by atoms with Crippen molar-refractivity contribution >= 4 is 0 Å². The van der Waals surface area contributed by atoms with E-state index < -0.39 is 37.5 Å². The molecule has 0 aliphatic carbocycles. The monoisotopic (exact) mass is 253 g/mol. The first-order chi connectivity index (χ1) is 7.08. The van der Waals surface area contributed by atoms with Crippen LogP contribution in [0.25, 0.3) is 0 Å². The Morgan fingerprint density at radius 2 is 1.62 bits per heavy atom. The Labute approximate surface area is 88.7 Å². The molecule has 2 nitrogen and oxygen atoms in total. The third kappa shape index (κ3) is 6.16. The molecule has 2 atom stereocenters. The molecule has 16 heavy (non-hydrogen) atoms. The third-order valence-corrected chi connectivity index (χ3v) is 1.87. The van der Waals surface area contributed by atoms with E-state index in [-0.39, 0.29) is 6.42 Å². The van der Waals surface area contributed by atoms with E-state index in [1.165, 1.54) is 6.92 Å². The quantitative estimate of drug-likeness (QED) is 0.764. The van der Waals surface area contributed by atoms with Gasteiger partial charge < -0.3 is 10.5 Å². The van der Waals surface area contributed by atoms with Gasteiger partial charge in [0.1, 0.15) is 0 Å². The Morgan fingerprint density at radius 1 is 1.12 bits per heavy atom. The Balaban J connectivity index is 4.25. The van der Waals surface area contributed by atoms with Crippen LogP contribution in [0.15, 0.2) is 0 Å². The SMILES string of the molecule is CCC(N)C(OCCC(F)(F)F)C(F)(F)F. The van der Waals surface area contributed by atoms with Gasteiger partial charge in [-0.25, -0.2) is 0 Å². The molecule has 98 valence electrons. The molecule has 0 radical (unpaired) electrons. The van der Waals surface area contributed by atoms with Crippen molar-refractivity contribution in [1.29, 1.82) is 0 Å². The van der Waals surface area contributed by atoms with Crippen molar-refractivity contribution in [3.05, 3.63) is 0 Å². The molecule has 0 fully saturated rings. The van der Waals surface area contributed by atoms with Crippen LogP contribution in [0, 0.1) is 0 Å². The zero-order chi connectivity index (χ0) is 13.0. The predicted octanol–water partition coefficient (Wildman–Crippen LogP) is 2.62. The number of rotatable bonds is 5. The summed E-state index contributed by atoms with van der Waals surface area (Å²) in [6, 6.07) is -1.35. The second kappa shape index (κ2) is 5.72. The smallest absolute Gasteiger partial charge is 0.367 e. The minimum atomic E-state index is -4.75. The lowest BCUT2D eigenvalue weighted by Gasteiger charge is -2.25. The lowest BCUT2D eigenvalue weighted by molar-refractivity contribution is -0.235. The number of hydrogen-bond acceptors (Lipinski definition) is 2.